The van der Waals surface area contributed by atoms with Gasteiger partial charge in [-0.15, -0.1) is 0 Å². The van der Waals surface area contributed by atoms with E-state index < -0.39 is 13.8 Å². The van der Waals surface area contributed by atoms with Crippen molar-refractivity contribution in [1.82, 2.24) is 0 Å². The first-order valence-electron chi connectivity index (χ1n) is 7.99. The van der Waals surface area contributed by atoms with Crippen LogP contribution in [-0.2, 0) is 20.5 Å². The van der Waals surface area contributed by atoms with Crippen molar-refractivity contribution in [2.75, 3.05) is 0 Å². The second kappa shape index (κ2) is 8.81. The summed E-state index contributed by atoms with van der Waals surface area (Å²) in [5.41, 5.74) is 1.97. The highest BCUT2D eigenvalue weighted by molar-refractivity contribution is 7.47. The maximum absolute atomic E-state index is 11.9. The SMILES string of the molecule is CCCCc1ccc(C(=O)OOP(=O)(O)Oc2ccccc2C)cc1. The van der Waals surface area contributed by atoms with Crippen molar-refractivity contribution in [3.8, 4) is 5.75 Å². The van der Waals surface area contributed by atoms with Gasteiger partial charge in [-0.25, -0.2) is 9.36 Å². The van der Waals surface area contributed by atoms with Crippen LogP contribution in [0, 0.1) is 6.92 Å². The molecule has 0 saturated heterocycles. The number of para-hydroxylation sites is 1. The molecule has 1 unspecified atom stereocenters. The third kappa shape index (κ3) is 6.02. The van der Waals surface area contributed by atoms with Crippen LogP contribution in [0.4, 0.5) is 0 Å². The fourth-order valence-electron chi connectivity index (χ4n) is 2.12. The number of phosphoric ester groups is 1. The standard InChI is InChI=1S/C18H21O6P/c1-3-4-8-15-10-12-16(13-11-15)18(19)22-24-25(20,21)23-17-9-6-5-7-14(17)2/h5-7,9-13H,3-4,8H2,1-2H3,(H,20,21). The van der Waals surface area contributed by atoms with Crippen LogP contribution in [0.25, 0.3) is 0 Å². The lowest BCUT2D eigenvalue weighted by molar-refractivity contribution is -0.165. The van der Waals surface area contributed by atoms with Gasteiger partial charge in [-0.3, -0.25) is 9.78 Å². The van der Waals surface area contributed by atoms with Gasteiger partial charge < -0.3 is 4.52 Å². The Kier molecular flexibility index (Phi) is 6.76. The number of rotatable bonds is 8. The molecule has 25 heavy (non-hydrogen) atoms. The number of hydrogen-bond donors (Lipinski definition) is 1. The fraction of sp³-hybridized carbons (Fsp3) is 0.278. The van der Waals surface area contributed by atoms with Crippen LogP contribution in [-0.4, -0.2) is 10.9 Å². The zero-order chi connectivity index (χ0) is 18.3. The van der Waals surface area contributed by atoms with Crippen molar-refractivity contribution in [2.45, 2.75) is 33.1 Å². The molecule has 0 aliphatic rings. The summed E-state index contributed by atoms with van der Waals surface area (Å²) in [6, 6.07) is 13.4. The first-order valence-corrected chi connectivity index (χ1v) is 9.48. The molecule has 2 rings (SSSR count). The molecule has 0 aromatic heterocycles. The minimum absolute atomic E-state index is 0.171. The molecule has 1 N–H and O–H groups in total. The first kappa shape index (κ1) is 19.2. The van der Waals surface area contributed by atoms with E-state index in [1.165, 1.54) is 6.07 Å². The van der Waals surface area contributed by atoms with E-state index in [2.05, 4.69) is 16.5 Å². The summed E-state index contributed by atoms with van der Waals surface area (Å²) in [5, 5.41) is 0. The smallest absolute Gasteiger partial charge is 0.402 e. The van der Waals surface area contributed by atoms with Crippen molar-refractivity contribution in [3.05, 3.63) is 65.2 Å². The molecule has 0 amide bonds. The molecule has 134 valence electrons. The zero-order valence-electron chi connectivity index (χ0n) is 14.2. The molecule has 0 aliphatic heterocycles. The lowest BCUT2D eigenvalue weighted by Crippen LogP contribution is -2.07. The summed E-state index contributed by atoms with van der Waals surface area (Å²) >= 11 is 0. The number of aryl methyl sites for hydroxylation is 2. The van der Waals surface area contributed by atoms with E-state index in [-0.39, 0.29) is 11.3 Å². The lowest BCUT2D eigenvalue weighted by Gasteiger charge is -2.13. The Hall–Kier alpha value is -2.14. The maximum atomic E-state index is 11.9. The Morgan fingerprint density at radius 2 is 1.80 bits per heavy atom. The monoisotopic (exact) mass is 364 g/mol. The van der Waals surface area contributed by atoms with Gasteiger partial charge in [0.15, 0.2) is 0 Å². The summed E-state index contributed by atoms with van der Waals surface area (Å²) in [5.74, 6) is -0.700. The highest BCUT2D eigenvalue weighted by atomic mass is 31.2. The average molecular weight is 364 g/mol. The molecule has 7 heteroatoms. The predicted molar refractivity (Wildman–Crippen MR) is 93.2 cm³/mol. The van der Waals surface area contributed by atoms with Crippen molar-refractivity contribution >= 4 is 13.8 Å². The number of hydrogen-bond acceptors (Lipinski definition) is 5. The van der Waals surface area contributed by atoms with E-state index in [9.17, 15) is 14.3 Å². The number of unbranched alkanes of at least 4 members (excludes halogenated alkanes) is 1. The van der Waals surface area contributed by atoms with E-state index in [1.807, 2.05) is 12.1 Å². The highest BCUT2D eigenvalue weighted by Gasteiger charge is 2.28. The number of carbonyl (C=O) groups is 1. The summed E-state index contributed by atoms with van der Waals surface area (Å²) < 4.78 is 21.1. The van der Waals surface area contributed by atoms with Gasteiger partial charge in [0, 0.05) is 0 Å². The molecule has 1 atom stereocenters. The van der Waals surface area contributed by atoms with Gasteiger partial charge in [-0.1, -0.05) is 48.4 Å². The molecule has 0 heterocycles. The van der Waals surface area contributed by atoms with Gasteiger partial charge in [-0.05, 0) is 49.1 Å². The molecular weight excluding hydrogens is 343 g/mol. The maximum Gasteiger partial charge on any atom is 0.564 e. The highest BCUT2D eigenvalue weighted by Crippen LogP contribution is 2.45. The molecule has 2 aromatic carbocycles. The molecule has 0 spiro atoms. The molecule has 0 bridgehead atoms. The summed E-state index contributed by atoms with van der Waals surface area (Å²) in [6.45, 7) is 3.82. The quantitative estimate of drug-likeness (QED) is 0.419. The average Bonchev–Trinajstić information content (AvgIpc) is 2.60. The fourth-order valence-corrected chi connectivity index (χ4v) is 2.76. The van der Waals surface area contributed by atoms with Crippen molar-refractivity contribution in [2.24, 2.45) is 0 Å². The Balaban J connectivity index is 1.92. The Labute approximate surface area is 146 Å². The largest absolute Gasteiger partial charge is 0.564 e. The molecule has 0 radical (unpaired) electrons. The van der Waals surface area contributed by atoms with Gasteiger partial charge >= 0.3 is 13.8 Å². The lowest BCUT2D eigenvalue weighted by atomic mass is 10.1. The molecule has 6 nitrogen and oxygen atoms in total. The molecule has 0 aliphatic carbocycles. The zero-order valence-corrected chi connectivity index (χ0v) is 15.1. The topological polar surface area (TPSA) is 82.1 Å². The van der Waals surface area contributed by atoms with Crippen LogP contribution in [0.3, 0.4) is 0 Å². The first-order chi connectivity index (χ1) is 11.9. The van der Waals surface area contributed by atoms with E-state index in [0.717, 1.165) is 24.8 Å². The summed E-state index contributed by atoms with van der Waals surface area (Å²) in [6.07, 6.45) is 3.08. The van der Waals surface area contributed by atoms with Gasteiger partial charge in [-0.2, -0.15) is 0 Å². The number of carbonyl (C=O) groups excluding carboxylic acids is 1. The minimum atomic E-state index is -4.58. The van der Waals surface area contributed by atoms with Crippen LogP contribution in [0.2, 0.25) is 0 Å². The van der Waals surface area contributed by atoms with Crippen molar-refractivity contribution in [3.63, 3.8) is 0 Å². The predicted octanol–water partition coefficient (Wildman–Crippen LogP) is 4.61. The second-order valence-electron chi connectivity index (χ2n) is 5.57. The van der Waals surface area contributed by atoms with E-state index >= 15 is 0 Å². The molecular formula is C18H21O6P. The van der Waals surface area contributed by atoms with Crippen molar-refractivity contribution < 1.29 is 28.3 Å². The van der Waals surface area contributed by atoms with Crippen molar-refractivity contribution in [1.29, 1.82) is 0 Å². The van der Waals surface area contributed by atoms with Crippen LogP contribution in [0.15, 0.2) is 48.5 Å². The van der Waals surface area contributed by atoms with E-state index in [4.69, 9.17) is 4.52 Å². The molecule has 2 aromatic rings. The number of benzene rings is 2. The summed E-state index contributed by atoms with van der Waals surface area (Å²) in [7, 11) is -4.58. The third-order valence-corrected chi connectivity index (χ3v) is 4.21. The van der Waals surface area contributed by atoms with Gasteiger partial charge in [0.25, 0.3) is 0 Å². The Morgan fingerprint density at radius 1 is 1.12 bits per heavy atom. The second-order valence-corrected chi connectivity index (χ2v) is 6.84. The van der Waals surface area contributed by atoms with E-state index in [1.54, 1.807) is 37.3 Å². The van der Waals surface area contributed by atoms with Crippen LogP contribution in [0.5, 0.6) is 5.75 Å². The van der Waals surface area contributed by atoms with Crippen LogP contribution in [0.1, 0.15) is 41.3 Å². The minimum Gasteiger partial charge on any atom is -0.402 e. The van der Waals surface area contributed by atoms with Gasteiger partial charge in [0.1, 0.15) is 5.75 Å². The number of phosphoric acid groups is 1. The van der Waals surface area contributed by atoms with Crippen LogP contribution < -0.4 is 4.52 Å². The van der Waals surface area contributed by atoms with Gasteiger partial charge in [0.2, 0.25) is 0 Å². The Bertz CT molecular complexity index is 756. The molecule has 0 fully saturated rings. The summed E-state index contributed by atoms with van der Waals surface area (Å²) in [4.78, 5) is 26.0. The Morgan fingerprint density at radius 3 is 2.44 bits per heavy atom. The normalized spacial score (nSPS) is 13.1. The van der Waals surface area contributed by atoms with E-state index in [0.29, 0.717) is 5.56 Å². The third-order valence-electron chi connectivity index (χ3n) is 3.52. The molecule has 0 saturated carbocycles. The van der Waals surface area contributed by atoms with Crippen LogP contribution >= 0.6 is 7.82 Å². The van der Waals surface area contributed by atoms with Gasteiger partial charge in [0.05, 0.1) is 5.56 Å².